The largest absolute Gasteiger partial charge is 0.507 e. The van der Waals surface area contributed by atoms with Gasteiger partial charge >= 0.3 is 0 Å². The van der Waals surface area contributed by atoms with Crippen molar-refractivity contribution in [2.45, 2.75) is 31.9 Å². The summed E-state index contributed by atoms with van der Waals surface area (Å²) in [6.45, 7) is 3.15. The molecule has 2 aromatic rings. The number of hydrogen-bond acceptors (Lipinski definition) is 5. The summed E-state index contributed by atoms with van der Waals surface area (Å²) in [7, 11) is 3.92. The van der Waals surface area contributed by atoms with E-state index in [0.29, 0.717) is 29.1 Å². The Labute approximate surface area is 193 Å². The lowest BCUT2D eigenvalue weighted by Crippen LogP contribution is -2.32. The molecule has 6 nitrogen and oxygen atoms in total. The number of amides is 1. The molecule has 2 atom stereocenters. The second-order valence-corrected chi connectivity index (χ2v) is 9.10. The van der Waals surface area contributed by atoms with E-state index < -0.39 is 17.7 Å². The number of halogens is 1. The molecule has 32 heavy (non-hydrogen) atoms. The maximum Gasteiger partial charge on any atom is 0.295 e. The summed E-state index contributed by atoms with van der Waals surface area (Å²) in [6.07, 6.45) is 1.49. The molecule has 0 bridgehead atoms. The molecule has 7 heteroatoms. The first kappa shape index (κ1) is 22.4. The van der Waals surface area contributed by atoms with Crippen molar-refractivity contribution in [3.05, 3.63) is 69.8 Å². The highest BCUT2D eigenvalue weighted by atomic mass is 35.5. The molecule has 1 N–H and O–H groups in total. The molecule has 1 saturated heterocycles. The minimum Gasteiger partial charge on any atom is -0.507 e. The lowest BCUT2D eigenvalue weighted by Gasteiger charge is -2.26. The van der Waals surface area contributed by atoms with E-state index >= 15 is 0 Å². The van der Waals surface area contributed by atoms with Crippen molar-refractivity contribution in [3.8, 4) is 5.75 Å². The fourth-order valence-corrected chi connectivity index (χ4v) is 4.61. The van der Waals surface area contributed by atoms with Crippen LogP contribution in [0, 0.1) is 0 Å². The van der Waals surface area contributed by atoms with Crippen LogP contribution in [0.5, 0.6) is 5.75 Å². The topological polar surface area (TPSA) is 70.1 Å². The Hall–Kier alpha value is -2.83. The Morgan fingerprint density at radius 1 is 1.22 bits per heavy atom. The van der Waals surface area contributed by atoms with E-state index in [1.54, 1.807) is 35.2 Å². The van der Waals surface area contributed by atoms with Crippen LogP contribution >= 0.6 is 11.6 Å². The summed E-state index contributed by atoms with van der Waals surface area (Å²) in [4.78, 5) is 29.7. The van der Waals surface area contributed by atoms with Crippen molar-refractivity contribution < 1.29 is 19.4 Å². The molecule has 0 saturated carbocycles. The molecule has 0 radical (unpaired) electrons. The number of carbonyl (C=O) groups excluding carboxylic acids is 2. The number of benzene rings is 2. The van der Waals surface area contributed by atoms with Gasteiger partial charge in [0.25, 0.3) is 11.7 Å². The third-order valence-electron chi connectivity index (χ3n) is 5.88. The monoisotopic (exact) mass is 454 g/mol. The number of ketones is 1. The zero-order chi connectivity index (χ0) is 23.0. The van der Waals surface area contributed by atoms with E-state index in [9.17, 15) is 14.7 Å². The fraction of sp³-hybridized carbons (Fsp3) is 0.360. The Morgan fingerprint density at radius 3 is 2.72 bits per heavy atom. The van der Waals surface area contributed by atoms with Gasteiger partial charge in [0, 0.05) is 23.6 Å². The van der Waals surface area contributed by atoms with E-state index in [-0.39, 0.29) is 17.4 Å². The molecule has 2 aromatic carbocycles. The van der Waals surface area contributed by atoms with Crippen LogP contribution in [0.4, 0.5) is 0 Å². The lowest BCUT2D eigenvalue weighted by molar-refractivity contribution is -0.139. The van der Waals surface area contributed by atoms with Crippen LogP contribution in [0.25, 0.3) is 5.76 Å². The molecular formula is C25H27ClN2O4. The molecule has 0 unspecified atom stereocenters. The van der Waals surface area contributed by atoms with Crippen molar-refractivity contribution in [3.63, 3.8) is 0 Å². The number of rotatable bonds is 6. The maximum atomic E-state index is 13.1. The quantitative estimate of drug-likeness (QED) is 0.405. The van der Waals surface area contributed by atoms with Gasteiger partial charge in [-0.2, -0.15) is 0 Å². The zero-order valence-electron chi connectivity index (χ0n) is 18.5. The molecular weight excluding hydrogens is 428 g/mol. The van der Waals surface area contributed by atoms with Gasteiger partial charge in [-0.3, -0.25) is 9.59 Å². The van der Waals surface area contributed by atoms with Crippen molar-refractivity contribution in [2.24, 2.45) is 0 Å². The summed E-state index contributed by atoms with van der Waals surface area (Å²) in [5.41, 5.74) is 2.26. The third-order valence-corrected chi connectivity index (χ3v) is 6.11. The first-order valence-corrected chi connectivity index (χ1v) is 11.1. The second kappa shape index (κ2) is 8.96. The van der Waals surface area contributed by atoms with Crippen molar-refractivity contribution >= 4 is 29.1 Å². The number of aliphatic hydroxyl groups is 1. The minimum atomic E-state index is -0.695. The molecule has 4 rings (SSSR count). The normalized spacial score (nSPS) is 21.8. The van der Waals surface area contributed by atoms with E-state index in [4.69, 9.17) is 16.3 Å². The second-order valence-electron chi connectivity index (χ2n) is 8.66. The molecule has 168 valence electrons. The predicted octanol–water partition coefficient (Wildman–Crippen LogP) is 4.04. The van der Waals surface area contributed by atoms with Gasteiger partial charge in [-0.1, -0.05) is 23.7 Å². The molecule has 1 fully saturated rings. The van der Waals surface area contributed by atoms with Gasteiger partial charge in [0.15, 0.2) is 0 Å². The minimum absolute atomic E-state index is 0.0659. The van der Waals surface area contributed by atoms with Crippen LogP contribution in [-0.2, 0) is 16.0 Å². The zero-order valence-corrected chi connectivity index (χ0v) is 19.2. The van der Waals surface area contributed by atoms with Crippen LogP contribution in [0.2, 0.25) is 5.02 Å². The van der Waals surface area contributed by atoms with Crippen LogP contribution in [0.1, 0.15) is 36.1 Å². The van der Waals surface area contributed by atoms with E-state index in [1.165, 1.54) is 0 Å². The summed E-state index contributed by atoms with van der Waals surface area (Å²) >= 11 is 6.22. The van der Waals surface area contributed by atoms with Crippen LogP contribution in [0.3, 0.4) is 0 Å². The van der Waals surface area contributed by atoms with Crippen molar-refractivity contribution in [1.82, 2.24) is 9.80 Å². The summed E-state index contributed by atoms with van der Waals surface area (Å²) in [6, 6.07) is 11.8. The van der Waals surface area contributed by atoms with Crippen molar-refractivity contribution in [1.29, 1.82) is 0 Å². The summed E-state index contributed by atoms with van der Waals surface area (Å²) in [5, 5.41) is 11.7. The van der Waals surface area contributed by atoms with Gasteiger partial charge in [0.05, 0.1) is 11.6 Å². The number of carbonyl (C=O) groups is 2. The molecule has 0 aliphatic carbocycles. The number of likely N-dealkylation sites (tertiary alicyclic amines) is 1. The number of fused-ring (bicyclic) bond motifs is 1. The first-order chi connectivity index (χ1) is 15.3. The van der Waals surface area contributed by atoms with Crippen molar-refractivity contribution in [2.75, 3.05) is 27.2 Å². The predicted molar refractivity (Wildman–Crippen MR) is 124 cm³/mol. The Balaban J connectivity index is 1.78. The number of nitrogens with zero attached hydrogens (tertiary/aromatic N) is 2. The highest BCUT2D eigenvalue weighted by Crippen LogP contribution is 2.41. The molecule has 0 aromatic heterocycles. The first-order valence-electron chi connectivity index (χ1n) is 10.7. The number of hydrogen-bond donors (Lipinski definition) is 1. The van der Waals surface area contributed by atoms with Gasteiger partial charge in [-0.25, -0.2) is 0 Å². The number of aliphatic hydroxyl groups excluding tert-OH is 1. The van der Waals surface area contributed by atoms with E-state index in [2.05, 4.69) is 0 Å². The van der Waals surface area contributed by atoms with E-state index in [1.807, 2.05) is 38.1 Å². The Morgan fingerprint density at radius 2 is 2.00 bits per heavy atom. The van der Waals surface area contributed by atoms with Gasteiger partial charge in [0.1, 0.15) is 17.6 Å². The number of ether oxygens (including phenoxy) is 1. The van der Waals surface area contributed by atoms with E-state index in [0.717, 1.165) is 24.3 Å². The molecule has 2 aliphatic heterocycles. The SMILES string of the molecule is C[C@H]1Cc2cc(/C(O)=C3\C(=O)C(=O)N(CCCN(C)C)[C@@H]3c3cccc(Cl)c3)ccc2O1. The summed E-state index contributed by atoms with van der Waals surface area (Å²) < 4.78 is 5.74. The number of Topliss-reactive ketones (excluding diaryl/α,β-unsaturated/α-hetero) is 1. The summed E-state index contributed by atoms with van der Waals surface area (Å²) in [5.74, 6) is -0.675. The Kier molecular flexibility index (Phi) is 6.26. The van der Waals surface area contributed by atoms with Crippen LogP contribution in [-0.4, -0.2) is 59.9 Å². The van der Waals surface area contributed by atoms with Crippen LogP contribution < -0.4 is 4.74 Å². The standard InChI is InChI=1S/C25H27ClN2O4/c1-15-12-18-13-17(8-9-20(18)32-15)23(29)21-22(16-6-4-7-19(26)14-16)28(25(31)24(21)30)11-5-10-27(2)3/h4,6-9,13-15,22,29H,5,10-12H2,1-3H3/b23-21+/t15-,22+/m0/s1. The van der Waals surface area contributed by atoms with Gasteiger partial charge in [-0.05, 0) is 75.4 Å². The fourth-order valence-electron chi connectivity index (χ4n) is 4.42. The maximum absolute atomic E-state index is 13.1. The lowest BCUT2D eigenvalue weighted by atomic mass is 9.94. The molecule has 2 aliphatic rings. The van der Waals surface area contributed by atoms with Gasteiger partial charge < -0.3 is 19.6 Å². The Bertz CT molecular complexity index is 1100. The third kappa shape index (κ3) is 4.25. The highest BCUT2D eigenvalue weighted by molar-refractivity contribution is 6.46. The molecule has 0 spiro atoms. The molecule has 2 heterocycles. The highest BCUT2D eigenvalue weighted by Gasteiger charge is 2.45. The van der Waals surface area contributed by atoms with Crippen LogP contribution in [0.15, 0.2) is 48.0 Å². The van der Waals surface area contributed by atoms with Gasteiger partial charge in [-0.15, -0.1) is 0 Å². The smallest absolute Gasteiger partial charge is 0.295 e. The molecule has 1 amide bonds. The van der Waals surface area contributed by atoms with Gasteiger partial charge in [0.2, 0.25) is 0 Å². The average Bonchev–Trinajstić information content (AvgIpc) is 3.24. The average molecular weight is 455 g/mol.